The Bertz CT molecular complexity index is 34.1. The van der Waals surface area contributed by atoms with Crippen molar-refractivity contribution in [3.8, 4) is 0 Å². The van der Waals surface area contributed by atoms with Crippen molar-refractivity contribution in [3.63, 3.8) is 0 Å². The SMILES string of the molecule is CCC(C)CO.[H-].[H-].[Mg+2]. The van der Waals surface area contributed by atoms with Crippen molar-refractivity contribution in [2.24, 2.45) is 5.92 Å². The van der Waals surface area contributed by atoms with E-state index < -0.39 is 0 Å². The Morgan fingerprint density at radius 1 is 1.71 bits per heavy atom. The summed E-state index contributed by atoms with van der Waals surface area (Å²) in [6.07, 6.45) is 1.08. The molecule has 0 bridgehead atoms. The molecule has 0 aromatic heterocycles. The van der Waals surface area contributed by atoms with Crippen LogP contribution in [-0.4, -0.2) is 34.8 Å². The standard InChI is InChI=1S/C5H12O.Mg.2H/c1-3-5(2)4-6;;;/h5-6H,3-4H2,1-2H3;;;/q;+2;2*-1. The minimum absolute atomic E-state index is 0. The molecule has 0 saturated carbocycles. The van der Waals surface area contributed by atoms with Crippen LogP contribution < -0.4 is 0 Å². The molecule has 0 amide bonds. The summed E-state index contributed by atoms with van der Waals surface area (Å²) in [7, 11) is 0. The van der Waals surface area contributed by atoms with Crippen LogP contribution in [0.3, 0.4) is 0 Å². The monoisotopic (exact) mass is 114 g/mol. The Labute approximate surface area is 64.2 Å². The van der Waals surface area contributed by atoms with E-state index in [1.165, 1.54) is 0 Å². The van der Waals surface area contributed by atoms with Crippen LogP contribution in [0.5, 0.6) is 0 Å². The van der Waals surface area contributed by atoms with Gasteiger partial charge in [-0.2, -0.15) is 0 Å². The Hall–Kier alpha value is 0.726. The molecule has 0 radical (unpaired) electrons. The van der Waals surface area contributed by atoms with E-state index in [1.807, 2.05) is 6.92 Å². The van der Waals surface area contributed by atoms with Crippen molar-refractivity contribution >= 4 is 23.1 Å². The average molecular weight is 114 g/mol. The van der Waals surface area contributed by atoms with Crippen LogP contribution in [0.25, 0.3) is 0 Å². The zero-order valence-corrected chi connectivity index (χ0v) is 6.56. The predicted octanol–water partition coefficient (Wildman–Crippen LogP) is 0.869. The maximum absolute atomic E-state index is 8.33. The molecule has 0 fully saturated rings. The molecule has 0 saturated heterocycles. The van der Waals surface area contributed by atoms with Crippen LogP contribution in [0.4, 0.5) is 0 Å². The first kappa shape index (κ1) is 10.7. The van der Waals surface area contributed by atoms with Crippen LogP contribution in [0.15, 0.2) is 0 Å². The molecule has 0 aliphatic rings. The minimum Gasteiger partial charge on any atom is -1.00 e. The zero-order chi connectivity index (χ0) is 4.99. The molecular formula is C5H14MgO. The molecule has 0 aliphatic heterocycles. The fourth-order valence-corrected chi connectivity index (χ4v) is 0.129. The van der Waals surface area contributed by atoms with Gasteiger partial charge in [0.25, 0.3) is 0 Å². The fraction of sp³-hybridized carbons (Fsp3) is 1.00. The third-order valence-corrected chi connectivity index (χ3v) is 1.01. The number of aliphatic hydroxyl groups excluding tert-OH is 1. The molecule has 1 N–H and O–H groups in total. The molecule has 0 heterocycles. The third kappa shape index (κ3) is 6.73. The number of hydrogen-bond donors (Lipinski definition) is 1. The first-order chi connectivity index (χ1) is 2.81. The van der Waals surface area contributed by atoms with Crippen molar-refractivity contribution in [2.75, 3.05) is 6.61 Å². The molecule has 7 heavy (non-hydrogen) atoms. The second kappa shape index (κ2) is 6.73. The van der Waals surface area contributed by atoms with Crippen molar-refractivity contribution in [3.05, 3.63) is 0 Å². The Morgan fingerprint density at radius 3 is 2.14 bits per heavy atom. The first-order valence-corrected chi connectivity index (χ1v) is 2.42. The molecule has 0 aliphatic carbocycles. The molecule has 0 spiro atoms. The molecule has 1 atom stereocenters. The van der Waals surface area contributed by atoms with Gasteiger partial charge in [-0.15, -0.1) is 0 Å². The normalized spacial score (nSPS) is 12.4. The molecule has 1 nitrogen and oxygen atoms in total. The third-order valence-electron chi connectivity index (χ3n) is 1.01. The van der Waals surface area contributed by atoms with E-state index in [4.69, 9.17) is 5.11 Å². The van der Waals surface area contributed by atoms with Gasteiger partial charge in [0.05, 0.1) is 0 Å². The van der Waals surface area contributed by atoms with E-state index in [2.05, 4.69) is 6.92 Å². The van der Waals surface area contributed by atoms with E-state index in [1.54, 1.807) is 0 Å². The summed E-state index contributed by atoms with van der Waals surface area (Å²) < 4.78 is 0. The fourth-order valence-electron chi connectivity index (χ4n) is 0.129. The van der Waals surface area contributed by atoms with Crippen molar-refractivity contribution in [2.45, 2.75) is 20.3 Å². The first-order valence-electron chi connectivity index (χ1n) is 2.42. The summed E-state index contributed by atoms with van der Waals surface area (Å²) in [4.78, 5) is 0. The predicted molar refractivity (Wildman–Crippen MR) is 34.5 cm³/mol. The van der Waals surface area contributed by atoms with E-state index in [0.29, 0.717) is 12.5 Å². The number of rotatable bonds is 2. The summed E-state index contributed by atoms with van der Waals surface area (Å²) in [5.41, 5.74) is 0. The molecule has 1 unspecified atom stereocenters. The maximum atomic E-state index is 8.33. The Morgan fingerprint density at radius 2 is 2.14 bits per heavy atom. The van der Waals surface area contributed by atoms with Crippen molar-refractivity contribution in [1.29, 1.82) is 0 Å². The maximum Gasteiger partial charge on any atom is 2.00 e. The molecule has 0 aromatic rings. The van der Waals surface area contributed by atoms with Gasteiger partial charge in [-0.3, -0.25) is 0 Å². The van der Waals surface area contributed by atoms with E-state index in [0.717, 1.165) is 6.42 Å². The minimum atomic E-state index is 0. The molecule has 42 valence electrons. The topological polar surface area (TPSA) is 20.2 Å². The van der Waals surface area contributed by atoms with Gasteiger partial charge in [0.15, 0.2) is 0 Å². The van der Waals surface area contributed by atoms with Crippen LogP contribution in [-0.2, 0) is 0 Å². The molecule has 0 aromatic carbocycles. The van der Waals surface area contributed by atoms with Crippen molar-refractivity contribution < 1.29 is 7.96 Å². The van der Waals surface area contributed by atoms with Gasteiger partial charge in [-0.1, -0.05) is 20.3 Å². The number of aliphatic hydroxyl groups is 1. The van der Waals surface area contributed by atoms with Crippen LogP contribution in [0.1, 0.15) is 23.1 Å². The summed E-state index contributed by atoms with van der Waals surface area (Å²) in [5.74, 6) is 0.491. The van der Waals surface area contributed by atoms with Crippen LogP contribution in [0, 0.1) is 5.92 Å². The zero-order valence-electron chi connectivity index (χ0n) is 7.15. The van der Waals surface area contributed by atoms with Crippen LogP contribution in [0.2, 0.25) is 0 Å². The van der Waals surface area contributed by atoms with Gasteiger partial charge in [-0.25, -0.2) is 0 Å². The van der Waals surface area contributed by atoms with Crippen LogP contribution >= 0.6 is 0 Å². The smallest absolute Gasteiger partial charge is 1.00 e. The summed E-state index contributed by atoms with van der Waals surface area (Å²) >= 11 is 0. The second-order valence-corrected chi connectivity index (χ2v) is 1.70. The van der Waals surface area contributed by atoms with E-state index in [9.17, 15) is 0 Å². The average Bonchev–Trinajstić information content (AvgIpc) is 1.65. The summed E-state index contributed by atoms with van der Waals surface area (Å²) in [6.45, 7) is 4.43. The number of hydrogen-bond acceptors (Lipinski definition) is 1. The van der Waals surface area contributed by atoms with Gasteiger partial charge >= 0.3 is 23.1 Å². The molecule has 0 rings (SSSR count). The Balaban J connectivity index is -0.0000000417. The molecular weight excluding hydrogens is 100 g/mol. The molecule has 2 heteroatoms. The summed E-state index contributed by atoms with van der Waals surface area (Å²) in [5, 5.41) is 8.33. The summed E-state index contributed by atoms with van der Waals surface area (Å²) in [6, 6.07) is 0. The second-order valence-electron chi connectivity index (χ2n) is 1.70. The van der Waals surface area contributed by atoms with Gasteiger partial charge in [-0.05, 0) is 5.92 Å². The van der Waals surface area contributed by atoms with Gasteiger partial charge in [0.1, 0.15) is 0 Å². The van der Waals surface area contributed by atoms with Gasteiger partial charge < -0.3 is 7.96 Å². The van der Waals surface area contributed by atoms with E-state index in [-0.39, 0.29) is 25.9 Å². The van der Waals surface area contributed by atoms with E-state index >= 15 is 0 Å². The Kier molecular flexibility index (Phi) is 10.2. The van der Waals surface area contributed by atoms with Gasteiger partial charge in [0.2, 0.25) is 0 Å². The van der Waals surface area contributed by atoms with Gasteiger partial charge in [0, 0.05) is 6.61 Å². The van der Waals surface area contributed by atoms with Crippen molar-refractivity contribution in [1.82, 2.24) is 0 Å². The largest absolute Gasteiger partial charge is 2.00 e. The quantitative estimate of drug-likeness (QED) is 0.528.